The van der Waals surface area contributed by atoms with Gasteiger partial charge >= 0.3 is 0 Å². The number of amides is 4. The van der Waals surface area contributed by atoms with Gasteiger partial charge in [0, 0.05) is 14.1 Å². The lowest BCUT2D eigenvalue weighted by molar-refractivity contribution is -0.139. The quantitative estimate of drug-likeness (QED) is 0.447. The van der Waals surface area contributed by atoms with E-state index in [9.17, 15) is 19.2 Å². The fourth-order valence-electron chi connectivity index (χ4n) is 5.23. The number of carbonyl (C=O) groups is 4. The van der Waals surface area contributed by atoms with Gasteiger partial charge in [-0.3, -0.25) is 19.2 Å². The van der Waals surface area contributed by atoms with E-state index in [2.05, 4.69) is 24.5 Å². The van der Waals surface area contributed by atoms with Gasteiger partial charge in [-0.15, -0.1) is 0 Å². The summed E-state index contributed by atoms with van der Waals surface area (Å²) in [5.41, 5.74) is 1.22. The molecule has 0 spiro atoms. The molecule has 0 unspecified atom stereocenters. The van der Waals surface area contributed by atoms with Gasteiger partial charge in [-0.1, -0.05) is 58.0 Å². The van der Waals surface area contributed by atoms with Crippen LogP contribution in [-0.2, 0) is 14.4 Å². The van der Waals surface area contributed by atoms with Crippen molar-refractivity contribution in [1.29, 1.82) is 0 Å². The zero-order valence-corrected chi connectivity index (χ0v) is 27.1. The SMILES string of the molecule is Cc1ccccc1OCCN(C)C(=O)[C@@H]1CC(=O)N[C@@H](CC(C)C)C(=O)N(C)[C@H](CC(C)C)COc2ccccc2C(=O)N1. The van der Waals surface area contributed by atoms with Crippen LogP contribution in [0.15, 0.2) is 48.5 Å². The van der Waals surface area contributed by atoms with Crippen molar-refractivity contribution in [1.82, 2.24) is 20.4 Å². The number of nitrogens with one attached hydrogen (secondary N) is 2. The second-order valence-electron chi connectivity index (χ2n) is 12.4. The van der Waals surface area contributed by atoms with Crippen LogP contribution in [0.2, 0.25) is 0 Å². The number of nitrogens with zero attached hydrogens (tertiary/aromatic N) is 2. The van der Waals surface area contributed by atoms with Crippen molar-refractivity contribution in [3.05, 3.63) is 59.7 Å². The van der Waals surface area contributed by atoms with Crippen molar-refractivity contribution in [2.45, 2.75) is 72.0 Å². The van der Waals surface area contributed by atoms with Crippen LogP contribution >= 0.6 is 0 Å². The van der Waals surface area contributed by atoms with E-state index in [0.29, 0.717) is 18.6 Å². The highest BCUT2D eigenvalue weighted by molar-refractivity contribution is 6.01. The average Bonchev–Trinajstić information content (AvgIpc) is 2.97. The van der Waals surface area contributed by atoms with Crippen molar-refractivity contribution < 1.29 is 28.7 Å². The zero-order valence-electron chi connectivity index (χ0n) is 27.1. The molecule has 1 aliphatic heterocycles. The molecule has 10 nitrogen and oxygen atoms in total. The van der Waals surface area contributed by atoms with Crippen LogP contribution in [0.5, 0.6) is 11.5 Å². The van der Waals surface area contributed by atoms with Crippen molar-refractivity contribution in [3.8, 4) is 11.5 Å². The molecule has 44 heavy (non-hydrogen) atoms. The van der Waals surface area contributed by atoms with Gasteiger partial charge in [-0.25, -0.2) is 0 Å². The van der Waals surface area contributed by atoms with Gasteiger partial charge in [0.05, 0.1) is 24.6 Å². The van der Waals surface area contributed by atoms with Gasteiger partial charge in [0.2, 0.25) is 17.7 Å². The predicted octanol–water partition coefficient (Wildman–Crippen LogP) is 3.82. The summed E-state index contributed by atoms with van der Waals surface area (Å²) < 4.78 is 12.0. The van der Waals surface area contributed by atoms with Crippen LogP contribution in [-0.4, -0.2) is 85.4 Å². The maximum Gasteiger partial charge on any atom is 0.255 e. The number of hydrogen-bond acceptors (Lipinski definition) is 6. The molecule has 0 saturated heterocycles. The fraction of sp³-hybridized carbons (Fsp3) is 0.529. The molecule has 0 bridgehead atoms. The van der Waals surface area contributed by atoms with E-state index in [-0.39, 0.29) is 55.5 Å². The number of carbonyl (C=O) groups excluding carboxylic acids is 4. The highest BCUT2D eigenvalue weighted by Gasteiger charge is 2.33. The largest absolute Gasteiger partial charge is 0.491 e. The number of benzene rings is 2. The van der Waals surface area contributed by atoms with Gasteiger partial charge in [-0.05, 0) is 55.4 Å². The first-order valence-electron chi connectivity index (χ1n) is 15.4. The Hall–Kier alpha value is -4.08. The lowest BCUT2D eigenvalue weighted by Crippen LogP contribution is -2.55. The number of fused-ring (bicyclic) bond motifs is 1. The van der Waals surface area contributed by atoms with Gasteiger partial charge in [0.15, 0.2) is 0 Å². The molecule has 2 N–H and O–H groups in total. The number of para-hydroxylation sites is 2. The Morgan fingerprint density at radius 2 is 1.66 bits per heavy atom. The summed E-state index contributed by atoms with van der Waals surface area (Å²) in [6, 6.07) is 12.1. The molecule has 2 aromatic rings. The summed E-state index contributed by atoms with van der Waals surface area (Å²) in [6.45, 7) is 10.7. The van der Waals surface area contributed by atoms with Crippen LogP contribution in [0, 0.1) is 18.8 Å². The van der Waals surface area contributed by atoms with Crippen LogP contribution in [0.1, 0.15) is 62.9 Å². The molecule has 1 aliphatic rings. The summed E-state index contributed by atoms with van der Waals surface area (Å²) in [4.78, 5) is 57.5. The molecule has 0 fully saturated rings. The average molecular weight is 609 g/mol. The monoisotopic (exact) mass is 608 g/mol. The van der Waals surface area contributed by atoms with Crippen LogP contribution in [0.4, 0.5) is 0 Å². The van der Waals surface area contributed by atoms with Crippen molar-refractivity contribution in [3.63, 3.8) is 0 Å². The molecular formula is C34H48N4O6. The lowest BCUT2D eigenvalue weighted by Gasteiger charge is -2.34. The molecule has 4 amide bonds. The predicted molar refractivity (Wildman–Crippen MR) is 170 cm³/mol. The Bertz CT molecular complexity index is 1300. The molecule has 0 aliphatic carbocycles. The van der Waals surface area contributed by atoms with Crippen molar-refractivity contribution in [2.75, 3.05) is 33.9 Å². The summed E-state index contributed by atoms with van der Waals surface area (Å²) in [5.74, 6) is -0.236. The third-order valence-corrected chi connectivity index (χ3v) is 7.69. The second-order valence-corrected chi connectivity index (χ2v) is 12.4. The van der Waals surface area contributed by atoms with Crippen molar-refractivity contribution in [2.24, 2.45) is 11.8 Å². The maximum atomic E-state index is 13.8. The van der Waals surface area contributed by atoms with E-state index < -0.39 is 29.8 Å². The van der Waals surface area contributed by atoms with Crippen LogP contribution in [0.25, 0.3) is 0 Å². The normalized spacial score (nSPS) is 19.9. The number of rotatable bonds is 9. The Morgan fingerprint density at radius 1 is 1.00 bits per heavy atom. The minimum absolute atomic E-state index is 0.125. The smallest absolute Gasteiger partial charge is 0.255 e. The highest BCUT2D eigenvalue weighted by Crippen LogP contribution is 2.22. The topological polar surface area (TPSA) is 117 Å². The van der Waals surface area contributed by atoms with Crippen LogP contribution in [0.3, 0.4) is 0 Å². The van der Waals surface area contributed by atoms with Gasteiger partial charge < -0.3 is 29.9 Å². The Kier molecular flexibility index (Phi) is 12.6. The summed E-state index contributed by atoms with van der Waals surface area (Å²) in [7, 11) is 3.33. The zero-order chi connectivity index (χ0) is 32.4. The standard InChI is InChI=1S/C34H48N4O6/c1-22(2)18-25-21-44-30-15-11-9-13-26(30)32(40)36-28(20-31(39)35-27(19-23(3)4)34(42)38(25)7)33(41)37(6)16-17-43-29-14-10-8-12-24(29)5/h8-15,22-23,25,27-28H,16-21H2,1-7H3,(H,35,39)(H,36,40)/t25-,27+,28+/m1/s1. The number of aryl methyl sites for hydroxylation is 1. The first-order chi connectivity index (χ1) is 20.9. The van der Waals surface area contributed by atoms with Crippen LogP contribution < -0.4 is 20.1 Å². The molecule has 2 aromatic carbocycles. The van der Waals surface area contributed by atoms with E-state index in [1.807, 2.05) is 45.0 Å². The van der Waals surface area contributed by atoms with Gasteiger partial charge in [-0.2, -0.15) is 0 Å². The van der Waals surface area contributed by atoms with Gasteiger partial charge in [0.25, 0.3) is 5.91 Å². The fourth-order valence-corrected chi connectivity index (χ4v) is 5.23. The number of likely N-dealkylation sites (N-methyl/N-ethyl adjacent to an activating group) is 2. The number of hydrogen-bond donors (Lipinski definition) is 2. The Balaban J connectivity index is 1.89. The van der Waals surface area contributed by atoms with E-state index in [1.165, 1.54) is 4.90 Å². The molecule has 3 rings (SSSR count). The lowest BCUT2D eigenvalue weighted by atomic mass is 9.99. The van der Waals surface area contributed by atoms with Crippen molar-refractivity contribution >= 4 is 23.6 Å². The summed E-state index contributed by atoms with van der Waals surface area (Å²) >= 11 is 0. The molecule has 240 valence electrons. The summed E-state index contributed by atoms with van der Waals surface area (Å²) in [6.07, 6.45) is 0.765. The Labute approximate surface area is 261 Å². The Morgan fingerprint density at radius 3 is 2.34 bits per heavy atom. The minimum Gasteiger partial charge on any atom is -0.491 e. The number of ether oxygens (including phenoxy) is 2. The molecule has 0 saturated carbocycles. The van der Waals surface area contributed by atoms with Gasteiger partial charge in [0.1, 0.15) is 36.8 Å². The van der Waals surface area contributed by atoms with E-state index in [0.717, 1.165) is 11.3 Å². The van der Waals surface area contributed by atoms with E-state index in [1.54, 1.807) is 43.3 Å². The van der Waals surface area contributed by atoms with E-state index >= 15 is 0 Å². The van der Waals surface area contributed by atoms with E-state index in [4.69, 9.17) is 9.47 Å². The molecule has 0 radical (unpaired) electrons. The first-order valence-corrected chi connectivity index (χ1v) is 15.4. The molecule has 3 atom stereocenters. The highest BCUT2D eigenvalue weighted by atomic mass is 16.5. The minimum atomic E-state index is -1.18. The molecular weight excluding hydrogens is 560 g/mol. The second kappa shape index (κ2) is 16.1. The first kappa shape index (κ1) is 34.4. The summed E-state index contributed by atoms with van der Waals surface area (Å²) in [5, 5.41) is 5.63. The molecule has 0 aromatic heterocycles. The maximum absolute atomic E-state index is 13.8. The molecule has 10 heteroatoms. The third kappa shape index (κ3) is 9.72. The third-order valence-electron chi connectivity index (χ3n) is 7.69. The molecule has 1 heterocycles.